The molecule has 3 N–H and O–H groups in total. The number of carbonyl (C=O) groups excluding carboxylic acids is 5. The summed E-state index contributed by atoms with van der Waals surface area (Å²) >= 11 is 3.26. The predicted molar refractivity (Wildman–Crippen MR) is 283 cm³/mol. The van der Waals surface area contributed by atoms with Gasteiger partial charge in [0.15, 0.2) is 0 Å². The Bertz CT molecular complexity index is 2770. The number of anilines is 4. The van der Waals surface area contributed by atoms with Gasteiger partial charge in [-0.3, -0.25) is 25.0 Å². The molecule has 0 saturated heterocycles. The van der Waals surface area contributed by atoms with Gasteiger partial charge in [-0.2, -0.15) is 0 Å². The molecule has 0 aliphatic carbocycles. The first-order valence-corrected chi connectivity index (χ1v) is 24.1. The fourth-order valence-electron chi connectivity index (χ4n) is 6.93. The minimum absolute atomic E-state index is 0. The number of ether oxygens (including phenoxy) is 4. The van der Waals surface area contributed by atoms with Crippen LogP contribution in [0.5, 0.6) is 0 Å². The van der Waals surface area contributed by atoms with E-state index in [0.29, 0.717) is 17.9 Å². The monoisotopic (exact) mass is 1300 g/mol. The molecule has 15 nitrogen and oxygen atoms in total. The van der Waals surface area contributed by atoms with Crippen molar-refractivity contribution >= 4 is 90.8 Å². The summed E-state index contributed by atoms with van der Waals surface area (Å²) in [7, 11) is 2.74. The van der Waals surface area contributed by atoms with Crippen LogP contribution in [0.4, 0.5) is 41.1 Å². The number of hydrogen-bond donors (Lipinski definition) is 3. The zero-order chi connectivity index (χ0) is 54.3. The number of nitrogens with one attached hydrogen (secondary N) is 3. The van der Waals surface area contributed by atoms with Crippen LogP contribution >= 0.6 is 15.9 Å². The molecule has 0 saturated carbocycles. The first-order valence-electron chi connectivity index (χ1n) is 23.0. The van der Waals surface area contributed by atoms with Crippen LogP contribution in [0.2, 0.25) is 0 Å². The number of carbonyl (C=O) groups is 5. The van der Waals surface area contributed by atoms with Gasteiger partial charge in [-0.15, -0.1) is 0 Å². The molecule has 77 heavy (non-hydrogen) atoms. The average molecular weight is 1300 g/mol. The van der Waals surface area contributed by atoms with Crippen molar-refractivity contribution in [1.29, 1.82) is 0 Å². The molecule has 6 rings (SSSR count). The van der Waals surface area contributed by atoms with Gasteiger partial charge in [0.25, 0.3) is 6.47 Å². The third kappa shape index (κ3) is 28.8. The topological polar surface area (TPSA) is 194 Å². The number of halogens is 4. The number of esters is 2. The predicted octanol–water partition coefficient (Wildman–Crippen LogP) is 0.118. The van der Waals surface area contributed by atoms with E-state index in [2.05, 4.69) is 41.7 Å². The summed E-state index contributed by atoms with van der Waals surface area (Å²) in [6.45, 7) is 15.0. The Balaban J connectivity index is -0.00000113. The van der Waals surface area contributed by atoms with E-state index in [-0.39, 0.29) is 213 Å². The molecule has 6 aromatic carbocycles. The summed E-state index contributed by atoms with van der Waals surface area (Å²) < 4.78 is 46.0. The van der Waals surface area contributed by atoms with Crippen molar-refractivity contribution in [3.8, 4) is 0 Å². The van der Waals surface area contributed by atoms with Gasteiger partial charge in [0.1, 0.15) is 22.8 Å². The molecule has 22 heteroatoms. The minimum Gasteiger partial charge on any atom is -1.00 e. The molecule has 2 amide bonds. The number of benzene rings is 6. The molecule has 0 fully saturated rings. The van der Waals surface area contributed by atoms with Crippen molar-refractivity contribution in [3.63, 3.8) is 0 Å². The SMILES string of the molecule is COC(=O)C[C@H](C)N(Cc1ccc(F)cc1)c1ccc(NC(=O)OC(C)(C)C)c2ccccc12.COC(=O)C[C@H](C)Nc1ccc(NC(=O)OC(C)(C)C)c2ccccc12.Fc1ccc(CBr)cc1.O=CO[O-].[H-].[I-].[K+].[K+].[Na+]. The average Bonchev–Trinajstić information content (AvgIpc) is 3.34. The third-order valence-corrected chi connectivity index (χ3v) is 10.8. The number of amides is 2. The van der Waals surface area contributed by atoms with Gasteiger partial charge in [0.2, 0.25) is 0 Å². The van der Waals surface area contributed by atoms with Crippen LogP contribution in [0, 0.1) is 11.6 Å². The van der Waals surface area contributed by atoms with E-state index in [9.17, 15) is 28.0 Å². The quantitative estimate of drug-likeness (QED) is 0.0195. The van der Waals surface area contributed by atoms with Crippen LogP contribution in [-0.2, 0) is 50.1 Å². The van der Waals surface area contributed by atoms with Gasteiger partial charge < -0.3 is 64.7 Å². The van der Waals surface area contributed by atoms with E-state index >= 15 is 0 Å². The second-order valence-corrected chi connectivity index (χ2v) is 18.9. The van der Waals surface area contributed by atoms with Crippen LogP contribution in [0.15, 0.2) is 121 Å². The smallest absolute Gasteiger partial charge is 1.00 e. The van der Waals surface area contributed by atoms with E-state index in [1.807, 2.05) is 128 Å². The maximum Gasteiger partial charge on any atom is 1.00 e. The summed E-state index contributed by atoms with van der Waals surface area (Å²) in [4.78, 5) is 61.3. The van der Waals surface area contributed by atoms with Crippen LogP contribution in [0.3, 0.4) is 0 Å². The first-order chi connectivity index (χ1) is 34.5. The molecule has 6 aromatic rings. The van der Waals surface area contributed by atoms with E-state index in [0.717, 1.165) is 49.4 Å². The van der Waals surface area contributed by atoms with Crippen molar-refractivity contribution in [2.24, 2.45) is 0 Å². The van der Waals surface area contributed by atoms with Crippen molar-refractivity contribution in [3.05, 3.63) is 144 Å². The van der Waals surface area contributed by atoms with Crippen molar-refractivity contribution in [2.45, 2.75) is 103 Å². The maximum atomic E-state index is 13.5. The second kappa shape index (κ2) is 39.2. The van der Waals surface area contributed by atoms with Gasteiger partial charge in [-0.25, -0.2) is 18.4 Å². The summed E-state index contributed by atoms with van der Waals surface area (Å²) in [6.07, 6.45) is -0.581. The first kappa shape index (κ1) is 76.8. The number of alkyl halides is 1. The van der Waals surface area contributed by atoms with Gasteiger partial charge in [-0.1, -0.05) is 88.7 Å². The van der Waals surface area contributed by atoms with E-state index < -0.39 is 23.4 Å². The molecular weight excluding hydrogens is 1240 g/mol. The van der Waals surface area contributed by atoms with Crippen molar-refractivity contribution < 1.29 is 220 Å². The summed E-state index contributed by atoms with van der Waals surface area (Å²) in [6, 6.07) is 35.3. The molecule has 0 spiro atoms. The molecule has 2 atom stereocenters. The Kier molecular flexibility index (Phi) is 39.1. The second-order valence-electron chi connectivity index (χ2n) is 18.3. The molecule has 0 bridgehead atoms. The molecule has 402 valence electrons. The Hall–Kier alpha value is -2.31. The molecule has 0 heterocycles. The normalized spacial score (nSPS) is 10.9. The standard InChI is InChI=1S/C27H31FN2O4.C20H26N2O4.C7H6BrF.CH2O3.HI.2K.Na.H/c1-18(16-25(31)33-5)30(17-19-10-12-20(28)13-11-19)24-15-14-23(21-8-6-7-9-22(21)24)29-26(32)34-27(2,3)4;1-13(12-18(23)25-5)21-16-10-11-17(15-9-7-6-8-14(15)16)22-19(24)26-20(2,3)4;8-5-6-1-3-7(9)4-2-6;2-1-4-3;;;;;/h6-15,18H,16-17H2,1-5H3,(H,29,32);6-11,13,21H,12H2,1-5H3,(H,22,24);1-4H,5H2;1,3H;1H;;;;/q;;;;;3*+1;-1/p-2/t18-;13-;;;;;;;/m00......./s1. The number of fused-ring (bicyclic) bond motifs is 2. The number of nitrogens with zero attached hydrogens (tertiary/aromatic N) is 1. The number of methoxy groups -OCH3 is 2. The fourth-order valence-corrected chi connectivity index (χ4v) is 7.30. The van der Waals surface area contributed by atoms with Crippen LogP contribution in [0.25, 0.3) is 21.5 Å². The third-order valence-electron chi connectivity index (χ3n) is 10.1. The Morgan fingerprint density at radius 2 is 1.01 bits per heavy atom. The zero-order valence-corrected chi connectivity index (χ0v) is 58.0. The maximum absolute atomic E-state index is 13.5. The molecule has 0 aliphatic rings. The van der Waals surface area contributed by atoms with Crippen molar-refractivity contribution in [1.82, 2.24) is 0 Å². The number of hydrogen-bond acceptors (Lipinski definition) is 13. The Labute approximate surface area is 584 Å². The largest absolute Gasteiger partial charge is 1.00 e. The van der Waals surface area contributed by atoms with Crippen LogP contribution in [-0.4, -0.2) is 68.1 Å². The fraction of sp³-hybridized carbons (Fsp3) is 0.327. The molecule has 0 aliphatic heterocycles. The van der Waals surface area contributed by atoms with Crippen LogP contribution in [0.1, 0.15) is 80.8 Å². The summed E-state index contributed by atoms with van der Waals surface area (Å²) in [5.74, 6) is -1.07. The van der Waals surface area contributed by atoms with Gasteiger partial charge in [0.05, 0.1) is 38.4 Å². The molecular formula is C55H65BrF2IK2N4NaO11. The minimum atomic E-state index is -0.616. The van der Waals surface area contributed by atoms with E-state index in [1.165, 1.54) is 38.5 Å². The van der Waals surface area contributed by atoms with Gasteiger partial charge >= 0.3 is 156 Å². The summed E-state index contributed by atoms with van der Waals surface area (Å²) in [5, 5.41) is 21.7. The Morgan fingerprint density at radius 1 is 0.636 bits per heavy atom. The van der Waals surface area contributed by atoms with Crippen LogP contribution < -0.4 is 182 Å². The van der Waals surface area contributed by atoms with Gasteiger partial charge in [-0.05, 0) is 115 Å². The van der Waals surface area contributed by atoms with Crippen molar-refractivity contribution in [2.75, 3.05) is 35.1 Å². The zero-order valence-electron chi connectivity index (χ0n) is 47.1. The van der Waals surface area contributed by atoms with E-state index in [4.69, 9.17) is 29.0 Å². The molecule has 0 aromatic heterocycles. The Morgan fingerprint density at radius 3 is 1.43 bits per heavy atom. The number of rotatable bonds is 14. The van der Waals surface area contributed by atoms with Gasteiger partial charge in [0, 0.05) is 56.9 Å². The van der Waals surface area contributed by atoms with E-state index in [1.54, 1.807) is 24.3 Å². The molecule has 0 radical (unpaired) electrons. The summed E-state index contributed by atoms with van der Waals surface area (Å²) in [5.41, 5.74) is 3.86. The molecule has 0 unspecified atom stereocenters.